The number of phenolic OH excluding ortho intramolecular Hbond substituents is 1. The molecule has 0 bridgehead atoms. The first kappa shape index (κ1) is 24.3. The summed E-state index contributed by atoms with van der Waals surface area (Å²) in [5.41, 5.74) is 2.78. The zero-order valence-electron chi connectivity index (χ0n) is 18.1. The minimum Gasteiger partial charge on any atom is -0.507 e. The average Bonchev–Trinajstić information content (AvgIpc) is 2.80. The van der Waals surface area contributed by atoms with Crippen molar-refractivity contribution in [1.29, 1.82) is 0 Å². The number of amides is 1. The number of carbonyl (C=O) groups excluding carboxylic acids is 3. The summed E-state index contributed by atoms with van der Waals surface area (Å²) in [6, 6.07) is 14.7. The van der Waals surface area contributed by atoms with Crippen LogP contribution >= 0.6 is 11.6 Å². The Morgan fingerprint density at radius 3 is 2.41 bits per heavy atom. The number of benzene rings is 3. The Kier molecular flexibility index (Phi) is 7.83. The van der Waals surface area contributed by atoms with Gasteiger partial charge in [0.05, 0.1) is 24.5 Å². The van der Waals surface area contributed by atoms with Crippen LogP contribution in [-0.2, 0) is 4.79 Å². The molecule has 10 heteroatoms. The number of hydrazone groups is 1. The lowest BCUT2D eigenvalue weighted by atomic mass is 10.2. The molecule has 0 saturated heterocycles. The minimum atomic E-state index is -0.720. The standard InChI is InChI=1S/C24H19ClN2O7/c1-14(28)33-21-9-7-15(12-22(21)32-2)24(31)34-20-10-8-17(25)11-16(20)13-26-27-23(30)18-5-3-4-6-19(18)29/h3-13,29H,1-2H3,(H,27,30)/b26-13+. The zero-order valence-corrected chi connectivity index (χ0v) is 18.8. The Labute approximate surface area is 199 Å². The molecule has 0 aliphatic carbocycles. The van der Waals surface area contributed by atoms with Crippen LogP contribution in [0.3, 0.4) is 0 Å². The van der Waals surface area contributed by atoms with Crippen LogP contribution in [0.2, 0.25) is 5.02 Å². The van der Waals surface area contributed by atoms with Crippen LogP contribution in [0.4, 0.5) is 0 Å². The maximum absolute atomic E-state index is 12.7. The van der Waals surface area contributed by atoms with Crippen molar-refractivity contribution < 1.29 is 33.7 Å². The number of para-hydroxylation sites is 1. The van der Waals surface area contributed by atoms with E-state index in [0.29, 0.717) is 10.6 Å². The molecule has 0 aromatic heterocycles. The first-order valence-corrected chi connectivity index (χ1v) is 10.2. The van der Waals surface area contributed by atoms with E-state index in [9.17, 15) is 19.5 Å². The fourth-order valence-electron chi connectivity index (χ4n) is 2.79. The summed E-state index contributed by atoms with van der Waals surface area (Å²) in [6.07, 6.45) is 1.25. The SMILES string of the molecule is COc1cc(C(=O)Oc2ccc(Cl)cc2/C=N/NC(=O)c2ccccc2O)ccc1OC(C)=O. The highest BCUT2D eigenvalue weighted by atomic mass is 35.5. The Morgan fingerprint density at radius 2 is 1.71 bits per heavy atom. The molecule has 1 amide bonds. The maximum Gasteiger partial charge on any atom is 0.343 e. The zero-order chi connectivity index (χ0) is 24.7. The topological polar surface area (TPSA) is 124 Å². The van der Waals surface area contributed by atoms with Gasteiger partial charge in [-0.3, -0.25) is 9.59 Å². The van der Waals surface area contributed by atoms with Crippen molar-refractivity contribution in [3.63, 3.8) is 0 Å². The van der Waals surface area contributed by atoms with E-state index < -0.39 is 17.8 Å². The summed E-state index contributed by atoms with van der Waals surface area (Å²) in [7, 11) is 1.37. The smallest absolute Gasteiger partial charge is 0.343 e. The van der Waals surface area contributed by atoms with E-state index in [1.807, 2.05) is 0 Å². The lowest BCUT2D eigenvalue weighted by Gasteiger charge is -2.11. The molecule has 0 aliphatic heterocycles. The first-order valence-electron chi connectivity index (χ1n) is 9.78. The molecule has 0 heterocycles. The molecule has 3 aromatic carbocycles. The third kappa shape index (κ3) is 6.11. The Hall–Kier alpha value is -4.37. The minimum absolute atomic E-state index is 0.0449. The Morgan fingerprint density at radius 1 is 0.971 bits per heavy atom. The number of halogens is 1. The van der Waals surface area contributed by atoms with Crippen LogP contribution in [0.5, 0.6) is 23.0 Å². The molecule has 3 aromatic rings. The van der Waals surface area contributed by atoms with Crippen molar-refractivity contribution >= 4 is 35.7 Å². The molecule has 0 fully saturated rings. The van der Waals surface area contributed by atoms with Gasteiger partial charge in [0, 0.05) is 17.5 Å². The molecule has 0 unspecified atom stereocenters. The van der Waals surface area contributed by atoms with Crippen LogP contribution < -0.4 is 19.6 Å². The fourth-order valence-corrected chi connectivity index (χ4v) is 2.97. The summed E-state index contributed by atoms with van der Waals surface area (Å²) < 4.78 is 15.7. The van der Waals surface area contributed by atoms with Crippen molar-refractivity contribution in [2.75, 3.05) is 7.11 Å². The summed E-state index contributed by atoms with van der Waals surface area (Å²) in [5, 5.41) is 14.0. The van der Waals surface area contributed by atoms with Gasteiger partial charge in [-0.05, 0) is 48.5 Å². The van der Waals surface area contributed by atoms with E-state index >= 15 is 0 Å². The van der Waals surface area contributed by atoms with Gasteiger partial charge in [0.15, 0.2) is 11.5 Å². The van der Waals surface area contributed by atoms with Crippen molar-refractivity contribution in [1.82, 2.24) is 5.43 Å². The van der Waals surface area contributed by atoms with Gasteiger partial charge < -0.3 is 19.3 Å². The van der Waals surface area contributed by atoms with E-state index in [1.165, 1.54) is 68.8 Å². The fraction of sp³-hybridized carbons (Fsp3) is 0.0833. The molecule has 3 rings (SSSR count). The first-order chi connectivity index (χ1) is 16.3. The second-order valence-electron chi connectivity index (χ2n) is 6.75. The molecule has 174 valence electrons. The molecule has 2 N–H and O–H groups in total. The monoisotopic (exact) mass is 482 g/mol. The van der Waals surface area contributed by atoms with Gasteiger partial charge in [0.1, 0.15) is 11.5 Å². The van der Waals surface area contributed by atoms with Crippen LogP contribution in [-0.4, -0.2) is 36.3 Å². The van der Waals surface area contributed by atoms with Gasteiger partial charge in [-0.1, -0.05) is 23.7 Å². The predicted octanol–water partition coefficient (Wildman–Crippen LogP) is 3.96. The highest BCUT2D eigenvalue weighted by Crippen LogP contribution is 2.29. The van der Waals surface area contributed by atoms with Crippen LogP contribution in [0, 0.1) is 0 Å². The van der Waals surface area contributed by atoms with Crippen LogP contribution in [0.15, 0.2) is 65.8 Å². The van der Waals surface area contributed by atoms with E-state index in [-0.39, 0.29) is 34.1 Å². The second-order valence-corrected chi connectivity index (χ2v) is 7.18. The van der Waals surface area contributed by atoms with Crippen LogP contribution in [0.1, 0.15) is 33.2 Å². The van der Waals surface area contributed by atoms with Crippen molar-refractivity contribution in [2.45, 2.75) is 6.92 Å². The molecule has 0 radical (unpaired) electrons. The molecule has 0 saturated carbocycles. The molecule has 0 aliphatic rings. The number of phenols is 1. The number of carbonyl (C=O) groups is 3. The molecular formula is C24H19ClN2O7. The second kappa shape index (κ2) is 11.0. The normalized spacial score (nSPS) is 10.6. The molecule has 9 nitrogen and oxygen atoms in total. The third-order valence-electron chi connectivity index (χ3n) is 4.35. The predicted molar refractivity (Wildman–Crippen MR) is 124 cm³/mol. The number of rotatable bonds is 7. The lowest BCUT2D eigenvalue weighted by Crippen LogP contribution is -2.17. The van der Waals surface area contributed by atoms with Gasteiger partial charge in [0.25, 0.3) is 5.91 Å². The summed E-state index contributed by atoms with van der Waals surface area (Å²) >= 11 is 6.05. The number of esters is 2. The molecular weight excluding hydrogens is 464 g/mol. The average molecular weight is 483 g/mol. The number of nitrogens with zero attached hydrogens (tertiary/aromatic N) is 1. The van der Waals surface area contributed by atoms with E-state index in [4.69, 9.17) is 25.8 Å². The third-order valence-corrected chi connectivity index (χ3v) is 4.58. The summed E-state index contributed by atoms with van der Waals surface area (Å²) in [6.45, 7) is 1.25. The van der Waals surface area contributed by atoms with Gasteiger partial charge in [0.2, 0.25) is 0 Å². The van der Waals surface area contributed by atoms with Gasteiger partial charge in [-0.15, -0.1) is 0 Å². The Balaban J connectivity index is 1.78. The number of aromatic hydroxyl groups is 1. The summed E-state index contributed by atoms with van der Waals surface area (Å²) in [5.74, 6) is -1.62. The Bertz CT molecular complexity index is 1270. The number of methoxy groups -OCH3 is 1. The number of nitrogens with one attached hydrogen (secondary N) is 1. The van der Waals surface area contributed by atoms with Crippen molar-refractivity contribution in [3.05, 3.63) is 82.4 Å². The maximum atomic E-state index is 12.7. The number of ether oxygens (including phenoxy) is 3. The van der Waals surface area contributed by atoms with E-state index in [2.05, 4.69) is 10.5 Å². The number of hydrogen-bond acceptors (Lipinski definition) is 8. The van der Waals surface area contributed by atoms with Gasteiger partial charge >= 0.3 is 11.9 Å². The van der Waals surface area contributed by atoms with E-state index in [1.54, 1.807) is 12.1 Å². The van der Waals surface area contributed by atoms with Crippen molar-refractivity contribution in [3.8, 4) is 23.0 Å². The lowest BCUT2D eigenvalue weighted by molar-refractivity contribution is -0.132. The highest BCUT2D eigenvalue weighted by Gasteiger charge is 2.16. The summed E-state index contributed by atoms with van der Waals surface area (Å²) in [4.78, 5) is 36.1. The highest BCUT2D eigenvalue weighted by molar-refractivity contribution is 6.31. The van der Waals surface area contributed by atoms with Crippen LogP contribution in [0.25, 0.3) is 0 Å². The van der Waals surface area contributed by atoms with Gasteiger partial charge in [-0.25, -0.2) is 10.2 Å². The van der Waals surface area contributed by atoms with Crippen molar-refractivity contribution in [2.24, 2.45) is 5.10 Å². The molecule has 0 spiro atoms. The number of hydrogen-bond donors (Lipinski definition) is 2. The molecule has 0 atom stereocenters. The largest absolute Gasteiger partial charge is 0.507 e. The quantitative estimate of drug-likeness (QED) is 0.226. The van der Waals surface area contributed by atoms with Gasteiger partial charge in [-0.2, -0.15) is 5.10 Å². The van der Waals surface area contributed by atoms with E-state index in [0.717, 1.165) is 0 Å². The molecule has 34 heavy (non-hydrogen) atoms.